The van der Waals surface area contributed by atoms with Crippen LogP contribution in [0.2, 0.25) is 0 Å². The summed E-state index contributed by atoms with van der Waals surface area (Å²) in [5.41, 5.74) is 0.878. The molecule has 1 aliphatic heterocycles. The Hall–Kier alpha value is -0.620. The number of carbonyl (C=O) groups excluding carboxylic acids is 1. The number of hydrogen-bond donors (Lipinski definition) is 1. The molecule has 1 aromatic carbocycles. The average Bonchev–Trinajstić information content (AvgIpc) is 2.30. The van der Waals surface area contributed by atoms with Crippen LogP contribution in [0.5, 0.6) is 0 Å². The third kappa shape index (κ3) is 3.18. The highest BCUT2D eigenvalue weighted by Crippen LogP contribution is 2.18. The third-order valence-corrected chi connectivity index (χ3v) is 3.36. The molecule has 3 nitrogen and oxygen atoms in total. The smallest absolute Gasteiger partial charge is 0.227 e. The van der Waals surface area contributed by atoms with E-state index in [0.29, 0.717) is 13.2 Å². The van der Waals surface area contributed by atoms with E-state index >= 15 is 0 Å². The lowest BCUT2D eigenvalue weighted by molar-refractivity contribution is -0.122. The van der Waals surface area contributed by atoms with Crippen LogP contribution in [0, 0.1) is 9.49 Å². The van der Waals surface area contributed by atoms with E-state index in [4.69, 9.17) is 4.74 Å². The number of benzene rings is 1. The molecule has 2 rings (SSSR count). The van der Waals surface area contributed by atoms with Crippen LogP contribution in [0.1, 0.15) is 12.8 Å². The minimum atomic E-state index is 0.103. The second-order valence-electron chi connectivity index (χ2n) is 3.89. The standard InChI is InChI=1S/C12H14INO2/c13-10-2-1-3-11(8-10)14-12(15)9-4-6-16-7-5-9/h1-3,8-9H,4-7H2,(H,14,15). The van der Waals surface area contributed by atoms with Gasteiger partial charge in [0, 0.05) is 28.4 Å². The minimum absolute atomic E-state index is 0.103. The van der Waals surface area contributed by atoms with Crippen LogP contribution in [-0.4, -0.2) is 19.1 Å². The second-order valence-corrected chi connectivity index (χ2v) is 5.13. The van der Waals surface area contributed by atoms with Crippen molar-refractivity contribution in [1.29, 1.82) is 0 Å². The number of rotatable bonds is 2. The summed E-state index contributed by atoms with van der Waals surface area (Å²) in [7, 11) is 0. The summed E-state index contributed by atoms with van der Waals surface area (Å²) in [5.74, 6) is 0.219. The van der Waals surface area contributed by atoms with Gasteiger partial charge in [0.05, 0.1) is 0 Å². The molecule has 1 amide bonds. The van der Waals surface area contributed by atoms with Crippen LogP contribution in [-0.2, 0) is 9.53 Å². The Labute approximate surface area is 109 Å². The number of ether oxygens (including phenoxy) is 1. The van der Waals surface area contributed by atoms with Gasteiger partial charge in [0.1, 0.15) is 0 Å². The Morgan fingerprint density at radius 2 is 2.12 bits per heavy atom. The van der Waals surface area contributed by atoms with E-state index in [2.05, 4.69) is 27.9 Å². The van der Waals surface area contributed by atoms with Gasteiger partial charge >= 0.3 is 0 Å². The molecular formula is C12H14INO2. The van der Waals surface area contributed by atoms with Crippen molar-refractivity contribution in [2.45, 2.75) is 12.8 Å². The third-order valence-electron chi connectivity index (χ3n) is 2.68. The molecule has 0 aliphatic carbocycles. The van der Waals surface area contributed by atoms with Gasteiger partial charge in [-0.1, -0.05) is 6.07 Å². The van der Waals surface area contributed by atoms with Crippen LogP contribution in [0.15, 0.2) is 24.3 Å². The van der Waals surface area contributed by atoms with Crippen LogP contribution in [0.25, 0.3) is 0 Å². The molecule has 4 heteroatoms. The normalized spacial score (nSPS) is 17.1. The largest absolute Gasteiger partial charge is 0.381 e. The molecule has 0 atom stereocenters. The molecule has 86 valence electrons. The Balaban J connectivity index is 1.96. The number of amides is 1. The Morgan fingerprint density at radius 1 is 1.38 bits per heavy atom. The van der Waals surface area contributed by atoms with E-state index in [1.165, 1.54) is 0 Å². The molecule has 0 unspecified atom stereocenters. The van der Waals surface area contributed by atoms with Gasteiger partial charge in [-0.15, -0.1) is 0 Å². The van der Waals surface area contributed by atoms with Crippen LogP contribution in [0.4, 0.5) is 5.69 Å². The molecule has 16 heavy (non-hydrogen) atoms. The van der Waals surface area contributed by atoms with Crippen molar-refractivity contribution >= 4 is 34.2 Å². The summed E-state index contributed by atoms with van der Waals surface area (Å²) in [4.78, 5) is 11.9. The van der Waals surface area contributed by atoms with Crippen molar-refractivity contribution in [3.05, 3.63) is 27.8 Å². The summed E-state index contributed by atoms with van der Waals surface area (Å²) in [6, 6.07) is 7.84. The van der Waals surface area contributed by atoms with Gasteiger partial charge in [-0.2, -0.15) is 0 Å². The monoisotopic (exact) mass is 331 g/mol. The maximum atomic E-state index is 11.9. The molecule has 0 saturated carbocycles. The van der Waals surface area contributed by atoms with Gasteiger partial charge in [-0.25, -0.2) is 0 Å². The Bertz CT molecular complexity index is 375. The van der Waals surface area contributed by atoms with E-state index in [1.807, 2.05) is 24.3 Å². The number of hydrogen-bond acceptors (Lipinski definition) is 2. The maximum Gasteiger partial charge on any atom is 0.227 e. The molecule has 1 N–H and O–H groups in total. The van der Waals surface area contributed by atoms with Gasteiger partial charge in [0.15, 0.2) is 0 Å². The average molecular weight is 331 g/mol. The lowest BCUT2D eigenvalue weighted by Gasteiger charge is -2.21. The summed E-state index contributed by atoms with van der Waals surface area (Å²) >= 11 is 2.24. The van der Waals surface area contributed by atoms with Gasteiger partial charge in [0.25, 0.3) is 0 Å². The van der Waals surface area contributed by atoms with E-state index < -0.39 is 0 Å². The minimum Gasteiger partial charge on any atom is -0.381 e. The summed E-state index contributed by atoms with van der Waals surface area (Å²) in [6.07, 6.45) is 1.66. The Kier molecular flexibility index (Phi) is 4.17. The van der Waals surface area contributed by atoms with Crippen molar-refractivity contribution in [3.8, 4) is 0 Å². The highest BCUT2D eigenvalue weighted by Gasteiger charge is 2.21. The fraction of sp³-hybridized carbons (Fsp3) is 0.417. The van der Waals surface area contributed by atoms with Crippen molar-refractivity contribution in [2.75, 3.05) is 18.5 Å². The second kappa shape index (κ2) is 5.63. The summed E-state index contributed by atoms with van der Waals surface area (Å²) in [5, 5.41) is 2.95. The Morgan fingerprint density at radius 3 is 2.81 bits per heavy atom. The molecule has 1 heterocycles. The molecule has 1 aliphatic rings. The SMILES string of the molecule is O=C(Nc1cccc(I)c1)C1CCOCC1. The van der Waals surface area contributed by atoms with Gasteiger partial charge in [-0.05, 0) is 53.6 Å². The summed E-state index contributed by atoms with van der Waals surface area (Å²) in [6.45, 7) is 1.40. The molecular weight excluding hydrogens is 317 g/mol. The van der Waals surface area contributed by atoms with Crippen LogP contribution < -0.4 is 5.32 Å². The zero-order chi connectivity index (χ0) is 11.4. The van der Waals surface area contributed by atoms with Crippen molar-refractivity contribution in [2.24, 2.45) is 5.92 Å². The predicted octanol–water partition coefficient (Wildman–Crippen LogP) is 2.66. The lowest BCUT2D eigenvalue weighted by atomic mass is 9.99. The molecule has 0 spiro atoms. The van der Waals surface area contributed by atoms with Crippen LogP contribution in [0.3, 0.4) is 0 Å². The zero-order valence-electron chi connectivity index (χ0n) is 8.91. The fourth-order valence-electron chi connectivity index (χ4n) is 1.77. The highest BCUT2D eigenvalue weighted by molar-refractivity contribution is 14.1. The molecule has 1 fully saturated rings. The van der Waals surface area contributed by atoms with E-state index in [0.717, 1.165) is 22.1 Å². The topological polar surface area (TPSA) is 38.3 Å². The maximum absolute atomic E-state index is 11.9. The number of nitrogens with one attached hydrogen (secondary N) is 1. The number of carbonyl (C=O) groups is 1. The van der Waals surface area contributed by atoms with Crippen molar-refractivity contribution < 1.29 is 9.53 Å². The van der Waals surface area contributed by atoms with E-state index in [9.17, 15) is 4.79 Å². The fourth-order valence-corrected chi connectivity index (χ4v) is 2.31. The first-order valence-electron chi connectivity index (χ1n) is 5.40. The van der Waals surface area contributed by atoms with Crippen LogP contribution >= 0.6 is 22.6 Å². The predicted molar refractivity (Wildman–Crippen MR) is 71.3 cm³/mol. The molecule has 1 aromatic rings. The van der Waals surface area contributed by atoms with Crippen molar-refractivity contribution in [1.82, 2.24) is 0 Å². The molecule has 0 bridgehead atoms. The van der Waals surface area contributed by atoms with Gasteiger partial charge in [-0.3, -0.25) is 4.79 Å². The first-order valence-corrected chi connectivity index (χ1v) is 6.48. The molecule has 0 radical (unpaired) electrons. The van der Waals surface area contributed by atoms with Gasteiger partial charge < -0.3 is 10.1 Å². The first-order chi connectivity index (χ1) is 7.75. The highest BCUT2D eigenvalue weighted by atomic mass is 127. The lowest BCUT2D eigenvalue weighted by Crippen LogP contribution is -2.28. The van der Waals surface area contributed by atoms with Crippen molar-refractivity contribution in [3.63, 3.8) is 0 Å². The van der Waals surface area contributed by atoms with Gasteiger partial charge in [0.2, 0.25) is 5.91 Å². The first kappa shape index (κ1) is 11.9. The summed E-state index contributed by atoms with van der Waals surface area (Å²) < 4.78 is 6.37. The van der Waals surface area contributed by atoms with E-state index in [1.54, 1.807) is 0 Å². The number of halogens is 1. The zero-order valence-corrected chi connectivity index (χ0v) is 11.1. The molecule has 0 aromatic heterocycles. The number of anilines is 1. The molecule has 1 saturated heterocycles. The quantitative estimate of drug-likeness (QED) is 0.846. The van der Waals surface area contributed by atoms with E-state index in [-0.39, 0.29) is 11.8 Å².